The number of hydrogen-bond donors (Lipinski definition) is 2. The molecule has 0 saturated carbocycles. The van der Waals surface area contributed by atoms with E-state index >= 15 is 0 Å². The Labute approximate surface area is 117 Å². The van der Waals surface area contributed by atoms with Gasteiger partial charge in [-0.1, -0.05) is 11.8 Å². The first-order valence-electron chi connectivity index (χ1n) is 5.49. The minimum Gasteiger partial charge on any atom is -0.481 e. The van der Waals surface area contributed by atoms with Crippen LogP contribution in [0.15, 0.2) is 35.6 Å². The highest BCUT2D eigenvalue weighted by atomic mass is 32.2. The maximum Gasteiger partial charge on any atom is 0.387 e. The number of nitrogens with one attached hydrogen (secondary N) is 1. The topological polar surface area (TPSA) is 75.2 Å². The number of H-pyrrole nitrogens is 1. The Morgan fingerprint density at radius 3 is 2.70 bits per heavy atom. The van der Waals surface area contributed by atoms with E-state index in [0.29, 0.717) is 10.9 Å². The van der Waals surface area contributed by atoms with Gasteiger partial charge >= 0.3 is 12.6 Å². The molecule has 0 bridgehead atoms. The van der Waals surface area contributed by atoms with Crippen molar-refractivity contribution in [3.63, 3.8) is 0 Å². The SMILES string of the molecule is O=C(O)CSc1ncc(-c2ccc(OC(F)F)cc2)[nH]1. The molecule has 2 N–H and O–H groups in total. The summed E-state index contributed by atoms with van der Waals surface area (Å²) in [6.45, 7) is -2.85. The number of aromatic amines is 1. The highest BCUT2D eigenvalue weighted by Gasteiger charge is 2.07. The van der Waals surface area contributed by atoms with Gasteiger partial charge in [0.15, 0.2) is 5.16 Å². The van der Waals surface area contributed by atoms with Crippen molar-refractivity contribution in [2.45, 2.75) is 11.8 Å². The number of hydrogen-bond acceptors (Lipinski definition) is 4. The molecule has 0 aliphatic rings. The van der Waals surface area contributed by atoms with Crippen LogP contribution in [0.2, 0.25) is 0 Å². The highest BCUT2D eigenvalue weighted by Crippen LogP contribution is 2.24. The molecule has 2 aromatic rings. The van der Waals surface area contributed by atoms with Crippen LogP contribution in [0.5, 0.6) is 5.75 Å². The number of thioether (sulfide) groups is 1. The fourth-order valence-corrected chi connectivity index (χ4v) is 2.04. The van der Waals surface area contributed by atoms with Crippen LogP contribution in [0.3, 0.4) is 0 Å². The first-order chi connectivity index (χ1) is 9.54. The Hall–Kier alpha value is -2.09. The van der Waals surface area contributed by atoms with Crippen molar-refractivity contribution < 1.29 is 23.4 Å². The van der Waals surface area contributed by atoms with Crippen molar-refractivity contribution in [1.82, 2.24) is 9.97 Å². The van der Waals surface area contributed by atoms with E-state index in [-0.39, 0.29) is 11.5 Å². The van der Waals surface area contributed by atoms with Crippen molar-refractivity contribution in [2.24, 2.45) is 0 Å². The second-order valence-electron chi connectivity index (χ2n) is 3.69. The lowest BCUT2D eigenvalue weighted by atomic mass is 10.2. The molecule has 0 saturated heterocycles. The smallest absolute Gasteiger partial charge is 0.387 e. The molecule has 0 aliphatic heterocycles. The number of aliphatic carboxylic acids is 1. The van der Waals surface area contributed by atoms with E-state index in [2.05, 4.69) is 14.7 Å². The molecule has 2 rings (SSSR count). The van der Waals surface area contributed by atoms with Gasteiger partial charge in [-0.05, 0) is 29.8 Å². The van der Waals surface area contributed by atoms with E-state index in [4.69, 9.17) is 5.11 Å². The van der Waals surface area contributed by atoms with Crippen molar-refractivity contribution in [3.8, 4) is 17.0 Å². The third-order valence-electron chi connectivity index (χ3n) is 2.28. The zero-order chi connectivity index (χ0) is 14.5. The average molecular weight is 300 g/mol. The summed E-state index contributed by atoms with van der Waals surface area (Å²) in [5, 5.41) is 9.05. The van der Waals surface area contributed by atoms with Crippen LogP contribution in [0, 0.1) is 0 Å². The summed E-state index contributed by atoms with van der Waals surface area (Å²) in [5.41, 5.74) is 1.41. The number of carboxylic acids is 1. The Morgan fingerprint density at radius 2 is 2.10 bits per heavy atom. The van der Waals surface area contributed by atoms with Crippen LogP contribution in [-0.2, 0) is 4.79 Å². The number of carboxylic acid groups (broad SMARTS) is 1. The molecule has 0 unspecified atom stereocenters. The predicted octanol–water partition coefficient (Wildman–Crippen LogP) is 2.85. The molecule has 1 aromatic carbocycles. The molecule has 20 heavy (non-hydrogen) atoms. The Kier molecular flexibility index (Phi) is 4.57. The van der Waals surface area contributed by atoms with E-state index in [1.165, 1.54) is 12.1 Å². The number of nitrogens with zero attached hydrogens (tertiary/aromatic N) is 1. The van der Waals surface area contributed by atoms with E-state index in [0.717, 1.165) is 17.3 Å². The summed E-state index contributed by atoms with van der Waals surface area (Å²) in [6.07, 6.45) is 1.55. The number of halogens is 2. The van der Waals surface area contributed by atoms with Crippen LogP contribution in [0.25, 0.3) is 11.3 Å². The molecule has 0 radical (unpaired) electrons. The minimum absolute atomic E-state index is 0.0729. The van der Waals surface area contributed by atoms with Crippen LogP contribution in [0.1, 0.15) is 0 Å². The molecule has 0 aliphatic carbocycles. The van der Waals surface area contributed by atoms with Gasteiger partial charge in [0.25, 0.3) is 0 Å². The van der Waals surface area contributed by atoms with Gasteiger partial charge in [-0.2, -0.15) is 8.78 Å². The monoisotopic (exact) mass is 300 g/mol. The molecule has 0 atom stereocenters. The van der Waals surface area contributed by atoms with E-state index < -0.39 is 12.6 Å². The third kappa shape index (κ3) is 3.95. The molecular formula is C12H10F2N2O3S. The number of carbonyl (C=O) groups is 1. The summed E-state index contributed by atoms with van der Waals surface area (Å²) in [5.74, 6) is -0.945. The summed E-state index contributed by atoms with van der Waals surface area (Å²) in [4.78, 5) is 17.4. The van der Waals surface area contributed by atoms with Crippen LogP contribution in [0.4, 0.5) is 8.78 Å². The lowest BCUT2D eigenvalue weighted by Gasteiger charge is -2.04. The van der Waals surface area contributed by atoms with Gasteiger partial charge < -0.3 is 14.8 Å². The molecule has 0 spiro atoms. The van der Waals surface area contributed by atoms with Crippen LogP contribution >= 0.6 is 11.8 Å². The second-order valence-corrected chi connectivity index (χ2v) is 4.65. The van der Waals surface area contributed by atoms with Crippen molar-refractivity contribution in [3.05, 3.63) is 30.5 Å². The summed E-state index contributed by atoms with van der Waals surface area (Å²) in [7, 11) is 0. The normalized spacial score (nSPS) is 10.8. The second kappa shape index (κ2) is 6.38. The number of rotatable bonds is 6. The zero-order valence-corrected chi connectivity index (χ0v) is 10.9. The lowest BCUT2D eigenvalue weighted by molar-refractivity contribution is -0.133. The van der Waals surface area contributed by atoms with E-state index in [1.807, 2.05) is 0 Å². The Bertz CT molecular complexity index is 587. The number of imidazole rings is 1. The quantitative estimate of drug-likeness (QED) is 0.802. The molecule has 106 valence electrons. The van der Waals surface area contributed by atoms with Gasteiger partial charge in [0.05, 0.1) is 17.6 Å². The number of aromatic nitrogens is 2. The molecule has 0 fully saturated rings. The van der Waals surface area contributed by atoms with E-state index in [1.54, 1.807) is 18.3 Å². The first-order valence-corrected chi connectivity index (χ1v) is 6.48. The molecular weight excluding hydrogens is 290 g/mol. The Morgan fingerprint density at radius 1 is 1.40 bits per heavy atom. The largest absolute Gasteiger partial charge is 0.481 e. The fourth-order valence-electron chi connectivity index (χ4n) is 1.47. The maximum absolute atomic E-state index is 12.0. The van der Waals surface area contributed by atoms with Gasteiger partial charge in [-0.15, -0.1) is 0 Å². The highest BCUT2D eigenvalue weighted by molar-refractivity contribution is 7.99. The van der Waals surface area contributed by atoms with Gasteiger partial charge in [-0.25, -0.2) is 4.98 Å². The minimum atomic E-state index is -2.85. The van der Waals surface area contributed by atoms with Gasteiger partial charge in [0.2, 0.25) is 0 Å². The maximum atomic E-state index is 12.0. The number of benzene rings is 1. The zero-order valence-electron chi connectivity index (χ0n) is 10.0. The van der Waals surface area contributed by atoms with Crippen LogP contribution < -0.4 is 4.74 Å². The molecule has 1 heterocycles. The van der Waals surface area contributed by atoms with Gasteiger partial charge in [0.1, 0.15) is 5.75 Å². The third-order valence-corrected chi connectivity index (χ3v) is 3.15. The number of alkyl halides is 2. The summed E-state index contributed by atoms with van der Waals surface area (Å²) in [6, 6.07) is 6.06. The molecule has 8 heteroatoms. The fraction of sp³-hybridized carbons (Fsp3) is 0.167. The van der Waals surface area contributed by atoms with Gasteiger partial charge in [-0.3, -0.25) is 4.79 Å². The molecule has 5 nitrogen and oxygen atoms in total. The lowest BCUT2D eigenvalue weighted by Crippen LogP contribution is -2.01. The van der Waals surface area contributed by atoms with Gasteiger partial charge in [0, 0.05) is 0 Å². The first kappa shape index (κ1) is 14.3. The predicted molar refractivity (Wildman–Crippen MR) is 69.0 cm³/mol. The average Bonchev–Trinajstić information content (AvgIpc) is 2.85. The molecule has 0 amide bonds. The number of ether oxygens (including phenoxy) is 1. The summed E-state index contributed by atoms with van der Waals surface area (Å²) < 4.78 is 28.3. The van der Waals surface area contributed by atoms with Crippen molar-refractivity contribution in [1.29, 1.82) is 0 Å². The van der Waals surface area contributed by atoms with Crippen molar-refractivity contribution >= 4 is 17.7 Å². The Balaban J connectivity index is 2.06. The van der Waals surface area contributed by atoms with Crippen LogP contribution in [-0.4, -0.2) is 33.4 Å². The standard InChI is InChI=1S/C12H10F2N2O3S/c13-11(14)19-8-3-1-7(2-4-8)9-5-15-12(16-9)20-6-10(17)18/h1-5,11H,6H2,(H,15,16)(H,17,18). The van der Waals surface area contributed by atoms with E-state index in [9.17, 15) is 13.6 Å². The molecule has 1 aromatic heterocycles. The summed E-state index contributed by atoms with van der Waals surface area (Å²) >= 11 is 1.07. The van der Waals surface area contributed by atoms with Crippen molar-refractivity contribution in [2.75, 3.05) is 5.75 Å².